The molecule has 0 spiro atoms. The van der Waals surface area contributed by atoms with Crippen LogP contribution >= 0.6 is 12.2 Å². The lowest BCUT2D eigenvalue weighted by molar-refractivity contribution is 0.628. The van der Waals surface area contributed by atoms with E-state index in [9.17, 15) is 4.39 Å². The first-order valence-electron chi connectivity index (χ1n) is 5.91. The number of hydrogen-bond acceptors (Lipinski definition) is 2. The van der Waals surface area contributed by atoms with Crippen LogP contribution in [0.5, 0.6) is 0 Å². The lowest BCUT2D eigenvalue weighted by atomic mass is 10.1. The quantitative estimate of drug-likeness (QED) is 0.836. The highest BCUT2D eigenvalue weighted by Crippen LogP contribution is 2.27. The topological polar surface area (TPSA) is 38.0 Å². The third-order valence-electron chi connectivity index (χ3n) is 3.00. The molecule has 0 aliphatic carbocycles. The minimum absolute atomic E-state index is 0.279. The molecule has 0 unspecified atom stereocenters. The molecule has 0 aromatic heterocycles. The van der Waals surface area contributed by atoms with Gasteiger partial charge in [0.1, 0.15) is 10.8 Å². The minimum atomic E-state index is -0.279. The van der Waals surface area contributed by atoms with E-state index in [0.29, 0.717) is 10.7 Å². The molecule has 2 aromatic carbocycles. The predicted octanol–water partition coefficient (Wildman–Crippen LogP) is 3.82. The van der Waals surface area contributed by atoms with Crippen LogP contribution in [0.15, 0.2) is 36.4 Å². The number of nitrogens with two attached hydrogens (primary N) is 1. The first-order valence-corrected chi connectivity index (χ1v) is 6.32. The van der Waals surface area contributed by atoms with Crippen molar-refractivity contribution >= 4 is 28.6 Å². The number of thiocarbonyl (C=S) groups is 1. The maximum absolute atomic E-state index is 13.3. The van der Waals surface area contributed by atoms with Gasteiger partial charge in [0.15, 0.2) is 0 Å². The van der Waals surface area contributed by atoms with E-state index in [0.717, 1.165) is 22.4 Å². The maximum Gasteiger partial charge on any atom is 0.125 e. The molecule has 98 valence electrons. The Morgan fingerprint density at radius 2 is 1.89 bits per heavy atom. The molecule has 0 atom stereocenters. The molecule has 19 heavy (non-hydrogen) atoms. The lowest BCUT2D eigenvalue weighted by Crippen LogP contribution is -2.13. The Hall–Kier alpha value is -1.94. The normalized spacial score (nSPS) is 10.3. The molecule has 0 amide bonds. The summed E-state index contributed by atoms with van der Waals surface area (Å²) in [7, 11) is 0. The standard InChI is InChI=1S/C15H15FN2S/c1-9-6-7-11(16)8-13(9)18-14-10(2)4-3-5-12(14)15(17)19/h3-8,18H,1-2H3,(H2,17,19). The molecular weight excluding hydrogens is 259 g/mol. The highest BCUT2D eigenvalue weighted by Gasteiger charge is 2.09. The van der Waals surface area contributed by atoms with Gasteiger partial charge in [0.05, 0.1) is 5.69 Å². The van der Waals surface area contributed by atoms with Crippen LogP contribution in [-0.2, 0) is 0 Å². The van der Waals surface area contributed by atoms with Gasteiger partial charge in [-0.2, -0.15) is 0 Å². The van der Waals surface area contributed by atoms with Crippen LogP contribution in [0, 0.1) is 19.7 Å². The molecule has 0 heterocycles. The highest BCUT2D eigenvalue weighted by molar-refractivity contribution is 7.80. The van der Waals surface area contributed by atoms with Crippen LogP contribution < -0.4 is 11.1 Å². The Morgan fingerprint density at radius 1 is 1.16 bits per heavy atom. The summed E-state index contributed by atoms with van der Waals surface area (Å²) >= 11 is 5.05. The van der Waals surface area contributed by atoms with Crippen molar-refractivity contribution in [2.75, 3.05) is 5.32 Å². The van der Waals surface area contributed by atoms with Crippen LogP contribution in [0.25, 0.3) is 0 Å². The zero-order valence-electron chi connectivity index (χ0n) is 10.8. The zero-order valence-corrected chi connectivity index (χ0v) is 11.6. The Kier molecular flexibility index (Phi) is 3.81. The molecule has 0 bridgehead atoms. The third-order valence-corrected chi connectivity index (χ3v) is 3.22. The van der Waals surface area contributed by atoms with E-state index in [4.69, 9.17) is 18.0 Å². The van der Waals surface area contributed by atoms with Crippen LogP contribution in [0.4, 0.5) is 15.8 Å². The van der Waals surface area contributed by atoms with Crippen molar-refractivity contribution in [3.05, 3.63) is 58.9 Å². The third kappa shape index (κ3) is 2.90. The first kappa shape index (κ1) is 13.5. The summed E-state index contributed by atoms with van der Waals surface area (Å²) in [5.41, 5.74) is 9.99. The van der Waals surface area contributed by atoms with Gasteiger partial charge in [-0.3, -0.25) is 0 Å². The average Bonchev–Trinajstić information content (AvgIpc) is 2.35. The van der Waals surface area contributed by atoms with E-state index in [1.807, 2.05) is 32.0 Å². The van der Waals surface area contributed by atoms with Crippen molar-refractivity contribution in [2.45, 2.75) is 13.8 Å². The van der Waals surface area contributed by atoms with Crippen LogP contribution in [0.1, 0.15) is 16.7 Å². The molecular formula is C15H15FN2S. The molecule has 0 saturated heterocycles. The molecule has 4 heteroatoms. The van der Waals surface area contributed by atoms with E-state index >= 15 is 0 Å². The van der Waals surface area contributed by atoms with Crippen molar-refractivity contribution in [3.8, 4) is 0 Å². The van der Waals surface area contributed by atoms with E-state index in [1.54, 1.807) is 6.07 Å². The predicted molar refractivity (Wildman–Crippen MR) is 81.5 cm³/mol. The highest BCUT2D eigenvalue weighted by atomic mass is 32.1. The van der Waals surface area contributed by atoms with Crippen molar-refractivity contribution in [2.24, 2.45) is 5.73 Å². The zero-order chi connectivity index (χ0) is 14.0. The monoisotopic (exact) mass is 274 g/mol. The number of aryl methyl sites for hydroxylation is 2. The Morgan fingerprint density at radius 3 is 2.58 bits per heavy atom. The molecule has 2 rings (SSSR count). The summed E-state index contributed by atoms with van der Waals surface area (Å²) in [6.45, 7) is 3.87. The molecule has 0 fully saturated rings. The fourth-order valence-electron chi connectivity index (χ4n) is 1.90. The fraction of sp³-hybridized carbons (Fsp3) is 0.133. The Balaban J connectivity index is 2.49. The second-order valence-electron chi connectivity index (χ2n) is 4.45. The average molecular weight is 274 g/mol. The molecule has 2 nitrogen and oxygen atoms in total. The molecule has 3 N–H and O–H groups in total. The van der Waals surface area contributed by atoms with Gasteiger partial charge < -0.3 is 11.1 Å². The van der Waals surface area contributed by atoms with Crippen molar-refractivity contribution < 1.29 is 4.39 Å². The molecule has 0 saturated carbocycles. The number of hydrogen-bond donors (Lipinski definition) is 2. The van der Waals surface area contributed by atoms with Gasteiger partial charge in [-0.25, -0.2) is 4.39 Å². The van der Waals surface area contributed by atoms with E-state index in [1.165, 1.54) is 12.1 Å². The first-order chi connectivity index (χ1) is 8.99. The van der Waals surface area contributed by atoms with E-state index < -0.39 is 0 Å². The fourth-order valence-corrected chi connectivity index (χ4v) is 2.07. The summed E-state index contributed by atoms with van der Waals surface area (Å²) in [6.07, 6.45) is 0. The summed E-state index contributed by atoms with van der Waals surface area (Å²) in [6, 6.07) is 10.3. The van der Waals surface area contributed by atoms with E-state index in [2.05, 4.69) is 5.32 Å². The van der Waals surface area contributed by atoms with Gasteiger partial charge in [-0.1, -0.05) is 30.4 Å². The second kappa shape index (κ2) is 5.36. The molecule has 0 radical (unpaired) electrons. The van der Waals surface area contributed by atoms with Gasteiger partial charge in [-0.05, 0) is 43.2 Å². The van der Waals surface area contributed by atoms with E-state index in [-0.39, 0.29) is 5.82 Å². The number of rotatable bonds is 3. The summed E-state index contributed by atoms with van der Waals surface area (Å²) in [4.78, 5) is 0.320. The van der Waals surface area contributed by atoms with Crippen LogP contribution in [-0.4, -0.2) is 4.99 Å². The SMILES string of the molecule is Cc1ccc(F)cc1Nc1c(C)cccc1C(N)=S. The molecule has 0 aliphatic rings. The largest absolute Gasteiger partial charge is 0.389 e. The van der Waals surface area contributed by atoms with Crippen LogP contribution in [0.3, 0.4) is 0 Å². The number of benzene rings is 2. The number of halogens is 1. The summed E-state index contributed by atoms with van der Waals surface area (Å²) < 4.78 is 13.3. The maximum atomic E-state index is 13.3. The van der Waals surface area contributed by atoms with Crippen LogP contribution in [0.2, 0.25) is 0 Å². The smallest absolute Gasteiger partial charge is 0.125 e. The Labute approximate surface area is 117 Å². The lowest BCUT2D eigenvalue weighted by Gasteiger charge is -2.15. The van der Waals surface area contributed by atoms with Gasteiger partial charge in [0.25, 0.3) is 0 Å². The van der Waals surface area contributed by atoms with Crippen molar-refractivity contribution in [1.29, 1.82) is 0 Å². The molecule has 2 aromatic rings. The Bertz CT molecular complexity index is 638. The minimum Gasteiger partial charge on any atom is -0.389 e. The van der Waals surface area contributed by atoms with Gasteiger partial charge in [0, 0.05) is 11.3 Å². The summed E-state index contributed by atoms with van der Waals surface area (Å²) in [5, 5.41) is 3.22. The van der Waals surface area contributed by atoms with Gasteiger partial charge in [0.2, 0.25) is 0 Å². The number of anilines is 2. The van der Waals surface area contributed by atoms with Crippen molar-refractivity contribution in [3.63, 3.8) is 0 Å². The summed E-state index contributed by atoms with van der Waals surface area (Å²) in [5.74, 6) is -0.279. The van der Waals surface area contributed by atoms with Gasteiger partial charge in [-0.15, -0.1) is 0 Å². The second-order valence-corrected chi connectivity index (χ2v) is 4.89. The molecule has 0 aliphatic heterocycles. The number of nitrogens with one attached hydrogen (secondary N) is 1. The number of para-hydroxylation sites is 1. The van der Waals surface area contributed by atoms with Crippen molar-refractivity contribution in [1.82, 2.24) is 0 Å². The van der Waals surface area contributed by atoms with Gasteiger partial charge >= 0.3 is 0 Å².